The maximum absolute atomic E-state index is 12.9. The largest absolute Gasteiger partial charge is 0.348 e. The van der Waals surface area contributed by atoms with Crippen LogP contribution in [0.15, 0.2) is 29.1 Å². The van der Waals surface area contributed by atoms with Gasteiger partial charge in [-0.05, 0) is 44.2 Å². The Balaban J connectivity index is 2.50. The number of rotatable bonds is 6. The molecule has 134 valence electrons. The summed E-state index contributed by atoms with van der Waals surface area (Å²) in [7, 11) is 0. The first-order chi connectivity index (χ1) is 11.9. The van der Waals surface area contributed by atoms with Crippen molar-refractivity contribution in [3.8, 4) is 0 Å². The minimum atomic E-state index is -0.317. The maximum atomic E-state index is 12.9. The van der Waals surface area contributed by atoms with E-state index in [9.17, 15) is 9.59 Å². The smallest absolute Gasteiger partial charge is 0.261 e. The summed E-state index contributed by atoms with van der Waals surface area (Å²) in [5.41, 5.74) is 4.68. The third-order valence-electron chi connectivity index (χ3n) is 4.69. The first-order valence-electron chi connectivity index (χ1n) is 9.07. The van der Waals surface area contributed by atoms with E-state index >= 15 is 0 Å². The van der Waals surface area contributed by atoms with Crippen LogP contribution in [0.3, 0.4) is 0 Å². The highest BCUT2D eigenvalue weighted by atomic mass is 16.2. The van der Waals surface area contributed by atoms with Crippen LogP contribution in [0.5, 0.6) is 0 Å². The first-order valence-corrected chi connectivity index (χ1v) is 9.07. The van der Waals surface area contributed by atoms with Crippen LogP contribution in [0.2, 0.25) is 0 Å². The lowest BCUT2D eigenvalue weighted by atomic mass is 10.0. The normalized spacial score (nSPS) is 10.8. The Morgan fingerprint density at radius 2 is 1.68 bits per heavy atom. The van der Waals surface area contributed by atoms with Gasteiger partial charge in [-0.2, -0.15) is 0 Å². The Labute approximate surface area is 149 Å². The Kier molecular flexibility index (Phi) is 6.18. The molecule has 2 rings (SSSR count). The number of carbonyl (C=O) groups excluding carboxylic acids is 1. The topological polar surface area (TPSA) is 51.1 Å². The van der Waals surface area contributed by atoms with E-state index < -0.39 is 0 Å². The average Bonchev–Trinajstić information content (AvgIpc) is 2.58. The van der Waals surface area contributed by atoms with Gasteiger partial charge in [-0.1, -0.05) is 39.0 Å². The van der Waals surface area contributed by atoms with Gasteiger partial charge in [0.05, 0.1) is 0 Å². The van der Waals surface area contributed by atoms with Crippen molar-refractivity contribution in [2.24, 2.45) is 0 Å². The van der Waals surface area contributed by atoms with Gasteiger partial charge in [-0.3, -0.25) is 9.59 Å². The molecule has 1 aromatic heterocycles. The monoisotopic (exact) mass is 340 g/mol. The average molecular weight is 340 g/mol. The fourth-order valence-electron chi connectivity index (χ4n) is 3.34. The van der Waals surface area contributed by atoms with Gasteiger partial charge in [0, 0.05) is 29.7 Å². The molecule has 0 saturated heterocycles. The van der Waals surface area contributed by atoms with Crippen molar-refractivity contribution in [1.82, 2.24) is 4.57 Å². The highest BCUT2D eigenvalue weighted by Gasteiger charge is 2.19. The highest BCUT2D eigenvalue weighted by Crippen LogP contribution is 2.23. The lowest BCUT2D eigenvalue weighted by Gasteiger charge is -2.18. The Bertz CT molecular complexity index is 812. The zero-order chi connectivity index (χ0) is 18.6. The number of amides is 1. The number of pyridine rings is 1. The van der Waals surface area contributed by atoms with Crippen LogP contribution in [-0.4, -0.2) is 10.5 Å². The highest BCUT2D eigenvalue weighted by molar-refractivity contribution is 6.05. The summed E-state index contributed by atoms with van der Waals surface area (Å²) >= 11 is 0. The van der Waals surface area contributed by atoms with E-state index in [0.29, 0.717) is 0 Å². The molecule has 1 heterocycles. The van der Waals surface area contributed by atoms with Gasteiger partial charge in [-0.15, -0.1) is 0 Å². The Hall–Kier alpha value is -2.36. The minimum absolute atomic E-state index is 0.216. The zero-order valence-electron chi connectivity index (χ0n) is 15.9. The van der Waals surface area contributed by atoms with E-state index in [2.05, 4.69) is 26.1 Å². The number of aromatic nitrogens is 1. The second-order valence-electron chi connectivity index (χ2n) is 6.37. The minimum Gasteiger partial charge on any atom is -0.348 e. The molecule has 1 N–H and O–H groups in total. The SMILES string of the molecule is CCCn1c(C)cc(=O)c(C(=O)Nc2c(CC)cccc2CC)c1C. The van der Waals surface area contributed by atoms with Crippen LogP contribution >= 0.6 is 0 Å². The second-order valence-corrected chi connectivity index (χ2v) is 6.37. The van der Waals surface area contributed by atoms with Crippen LogP contribution < -0.4 is 10.7 Å². The molecular formula is C21H28N2O2. The van der Waals surface area contributed by atoms with Gasteiger partial charge in [0.2, 0.25) is 0 Å². The molecule has 1 amide bonds. The van der Waals surface area contributed by atoms with Gasteiger partial charge in [0.1, 0.15) is 5.56 Å². The molecule has 0 aliphatic rings. The molecule has 0 aliphatic heterocycles. The standard InChI is InChI=1S/C21H28N2O2/c1-6-12-23-14(4)13-18(24)19(15(23)5)21(25)22-20-16(7-2)10-9-11-17(20)8-3/h9-11,13H,6-8,12H2,1-5H3,(H,22,25). The van der Waals surface area contributed by atoms with Gasteiger partial charge in [0.15, 0.2) is 5.43 Å². The molecule has 0 radical (unpaired) electrons. The third-order valence-corrected chi connectivity index (χ3v) is 4.69. The van der Waals surface area contributed by atoms with Crippen molar-refractivity contribution in [3.05, 3.63) is 62.6 Å². The zero-order valence-corrected chi connectivity index (χ0v) is 15.9. The first kappa shape index (κ1) is 19.0. The molecule has 0 bridgehead atoms. The number of nitrogens with zero attached hydrogens (tertiary/aromatic N) is 1. The molecule has 25 heavy (non-hydrogen) atoms. The molecule has 0 aliphatic carbocycles. The van der Waals surface area contributed by atoms with Crippen molar-refractivity contribution in [2.45, 2.75) is 60.4 Å². The van der Waals surface area contributed by atoms with Gasteiger partial charge >= 0.3 is 0 Å². The van der Waals surface area contributed by atoms with Crippen molar-refractivity contribution >= 4 is 11.6 Å². The number of aryl methyl sites for hydroxylation is 3. The number of anilines is 1. The Morgan fingerprint density at radius 3 is 2.20 bits per heavy atom. The van der Waals surface area contributed by atoms with Crippen molar-refractivity contribution in [2.75, 3.05) is 5.32 Å². The fourth-order valence-corrected chi connectivity index (χ4v) is 3.34. The summed E-state index contributed by atoms with van der Waals surface area (Å²) in [6, 6.07) is 7.61. The summed E-state index contributed by atoms with van der Waals surface area (Å²) < 4.78 is 2.04. The molecule has 2 aromatic rings. The van der Waals surface area contributed by atoms with Crippen molar-refractivity contribution in [3.63, 3.8) is 0 Å². The molecule has 0 saturated carbocycles. The lowest BCUT2D eigenvalue weighted by molar-refractivity contribution is 0.102. The quantitative estimate of drug-likeness (QED) is 0.854. The third kappa shape index (κ3) is 3.84. The predicted molar refractivity (Wildman–Crippen MR) is 104 cm³/mol. The lowest BCUT2D eigenvalue weighted by Crippen LogP contribution is -2.27. The van der Waals surface area contributed by atoms with E-state index in [-0.39, 0.29) is 16.9 Å². The van der Waals surface area contributed by atoms with Crippen LogP contribution in [-0.2, 0) is 19.4 Å². The summed E-state index contributed by atoms with van der Waals surface area (Å²) in [6.45, 7) is 10.8. The fraction of sp³-hybridized carbons (Fsp3) is 0.429. The van der Waals surface area contributed by atoms with Gasteiger partial charge in [-0.25, -0.2) is 0 Å². The van der Waals surface area contributed by atoms with E-state index in [1.807, 2.05) is 36.6 Å². The Morgan fingerprint density at radius 1 is 1.08 bits per heavy atom. The van der Waals surface area contributed by atoms with E-state index in [0.717, 1.165) is 54.0 Å². The maximum Gasteiger partial charge on any atom is 0.261 e. The second kappa shape index (κ2) is 8.15. The van der Waals surface area contributed by atoms with Gasteiger partial charge < -0.3 is 9.88 Å². The molecule has 0 unspecified atom stereocenters. The van der Waals surface area contributed by atoms with E-state index in [1.54, 1.807) is 6.07 Å². The summed E-state index contributed by atoms with van der Waals surface area (Å²) in [4.78, 5) is 25.4. The van der Waals surface area contributed by atoms with Crippen molar-refractivity contribution in [1.29, 1.82) is 0 Å². The van der Waals surface area contributed by atoms with Crippen molar-refractivity contribution < 1.29 is 4.79 Å². The summed E-state index contributed by atoms with van der Waals surface area (Å²) in [6.07, 6.45) is 2.61. The molecule has 4 nitrogen and oxygen atoms in total. The molecule has 0 fully saturated rings. The van der Waals surface area contributed by atoms with Gasteiger partial charge in [0.25, 0.3) is 5.91 Å². The van der Waals surface area contributed by atoms with Crippen LogP contribution in [0, 0.1) is 13.8 Å². The number of hydrogen-bond donors (Lipinski definition) is 1. The molecule has 1 aromatic carbocycles. The number of nitrogens with one attached hydrogen (secondary N) is 1. The van der Waals surface area contributed by atoms with E-state index in [1.165, 1.54) is 0 Å². The predicted octanol–water partition coefficient (Wildman–Crippen LogP) is 4.25. The number of carbonyl (C=O) groups is 1. The number of benzene rings is 1. The number of hydrogen-bond acceptors (Lipinski definition) is 2. The summed E-state index contributed by atoms with van der Waals surface area (Å²) in [5.74, 6) is -0.317. The molecule has 0 spiro atoms. The van der Waals surface area contributed by atoms with Crippen LogP contribution in [0.4, 0.5) is 5.69 Å². The molecule has 4 heteroatoms. The number of para-hydroxylation sites is 1. The summed E-state index contributed by atoms with van der Waals surface area (Å²) in [5, 5.41) is 3.02. The molecular weight excluding hydrogens is 312 g/mol. The van der Waals surface area contributed by atoms with Crippen LogP contribution in [0.1, 0.15) is 60.1 Å². The molecule has 0 atom stereocenters. The van der Waals surface area contributed by atoms with E-state index in [4.69, 9.17) is 0 Å². The van der Waals surface area contributed by atoms with Crippen LogP contribution in [0.25, 0.3) is 0 Å².